The number of carbonyl (C=O) groups excluding carboxylic acids is 1. The summed E-state index contributed by atoms with van der Waals surface area (Å²) >= 11 is 0. The number of hydrogen-bond donors (Lipinski definition) is 0. The number of ketones is 1. The smallest absolute Gasteiger partial charge is 0.180 e. The number of carbonyl (C=O) groups is 1. The molecule has 1 saturated heterocycles. The summed E-state index contributed by atoms with van der Waals surface area (Å²) < 4.78 is 12.8. The third kappa shape index (κ3) is 4.87. The van der Waals surface area contributed by atoms with E-state index in [-0.39, 0.29) is 11.8 Å². The first-order valence-electron chi connectivity index (χ1n) is 12.7. The normalized spacial score (nSPS) is 14.7. The molecule has 36 heavy (non-hydrogen) atoms. The number of ether oxygens (including phenoxy) is 2. The molecule has 0 spiro atoms. The van der Waals surface area contributed by atoms with Crippen molar-refractivity contribution >= 4 is 16.6 Å². The first-order valence-corrected chi connectivity index (χ1v) is 12.7. The second-order valence-electron chi connectivity index (χ2n) is 9.85. The Balaban J connectivity index is 1.63. The van der Waals surface area contributed by atoms with Crippen LogP contribution in [0.25, 0.3) is 10.8 Å². The average Bonchev–Trinajstić information content (AvgIpc) is 3.43. The molecule has 4 heteroatoms. The van der Waals surface area contributed by atoms with Crippen molar-refractivity contribution in [3.63, 3.8) is 0 Å². The standard InChI is InChI=1S/C32H33NO3/c1-21-10-14-26(15-11-21)35-29-20-25-8-7-9-28(31(34)24(4)33-18-5-6-19-33)30(25)23(3)32(29)36-27-16-12-22(2)13-17-27/h7-17,20,24H,5-6,18-19H2,1-4H3. The molecular formula is C32H33NO3. The minimum atomic E-state index is -0.151. The quantitative estimate of drug-likeness (QED) is 0.252. The fourth-order valence-electron chi connectivity index (χ4n) is 5.00. The van der Waals surface area contributed by atoms with Crippen molar-refractivity contribution in [1.29, 1.82) is 0 Å². The van der Waals surface area contributed by atoms with Gasteiger partial charge >= 0.3 is 0 Å². The van der Waals surface area contributed by atoms with Gasteiger partial charge in [-0.25, -0.2) is 0 Å². The van der Waals surface area contributed by atoms with Crippen molar-refractivity contribution in [1.82, 2.24) is 4.90 Å². The Morgan fingerprint density at radius 2 is 1.39 bits per heavy atom. The third-order valence-electron chi connectivity index (χ3n) is 7.15. The maximum Gasteiger partial charge on any atom is 0.180 e. The van der Waals surface area contributed by atoms with Gasteiger partial charge in [-0.1, -0.05) is 53.6 Å². The van der Waals surface area contributed by atoms with Crippen LogP contribution in [0.2, 0.25) is 0 Å². The molecule has 4 aromatic rings. The van der Waals surface area contributed by atoms with Crippen molar-refractivity contribution in [3.8, 4) is 23.0 Å². The molecular weight excluding hydrogens is 446 g/mol. The SMILES string of the molecule is Cc1ccc(Oc2cc3cccc(C(=O)C(C)N4CCCC4)c3c(C)c2Oc2ccc(C)cc2)cc1. The second kappa shape index (κ2) is 10.2. The monoisotopic (exact) mass is 479 g/mol. The van der Waals surface area contributed by atoms with Gasteiger partial charge < -0.3 is 9.47 Å². The minimum absolute atomic E-state index is 0.151. The lowest BCUT2D eigenvalue weighted by atomic mass is 9.93. The van der Waals surface area contributed by atoms with Gasteiger partial charge in [0.1, 0.15) is 11.5 Å². The molecule has 1 atom stereocenters. The molecule has 0 amide bonds. The van der Waals surface area contributed by atoms with Crippen LogP contribution in [-0.4, -0.2) is 29.8 Å². The summed E-state index contributed by atoms with van der Waals surface area (Å²) in [4.78, 5) is 16.0. The fourth-order valence-corrected chi connectivity index (χ4v) is 5.00. The van der Waals surface area contributed by atoms with Crippen LogP contribution in [0.4, 0.5) is 0 Å². The fraction of sp³-hybridized carbons (Fsp3) is 0.281. The molecule has 1 aliphatic rings. The van der Waals surface area contributed by atoms with Crippen molar-refractivity contribution in [2.24, 2.45) is 0 Å². The first-order chi connectivity index (χ1) is 17.4. The summed E-state index contributed by atoms with van der Waals surface area (Å²) in [5, 5.41) is 1.89. The topological polar surface area (TPSA) is 38.8 Å². The highest BCUT2D eigenvalue weighted by Crippen LogP contribution is 2.43. The highest BCUT2D eigenvalue weighted by Gasteiger charge is 2.27. The maximum atomic E-state index is 13.7. The van der Waals surface area contributed by atoms with E-state index in [4.69, 9.17) is 9.47 Å². The Morgan fingerprint density at radius 1 is 0.806 bits per heavy atom. The van der Waals surface area contributed by atoms with Crippen LogP contribution >= 0.6 is 0 Å². The zero-order chi connectivity index (χ0) is 25.2. The summed E-state index contributed by atoms with van der Waals surface area (Å²) in [6, 6.07) is 23.7. The van der Waals surface area contributed by atoms with Gasteiger partial charge in [0.15, 0.2) is 17.3 Å². The highest BCUT2D eigenvalue weighted by molar-refractivity contribution is 6.12. The molecule has 0 bridgehead atoms. The summed E-state index contributed by atoms with van der Waals surface area (Å²) in [6.07, 6.45) is 2.31. The van der Waals surface area contributed by atoms with Gasteiger partial charge in [-0.2, -0.15) is 0 Å². The number of aryl methyl sites for hydroxylation is 3. The van der Waals surface area contributed by atoms with Crippen molar-refractivity contribution in [2.75, 3.05) is 13.1 Å². The molecule has 0 radical (unpaired) electrons. The van der Waals surface area contributed by atoms with Crippen molar-refractivity contribution in [3.05, 3.63) is 95.1 Å². The molecule has 4 aromatic carbocycles. The molecule has 1 unspecified atom stereocenters. The van der Waals surface area contributed by atoms with Crippen LogP contribution in [-0.2, 0) is 0 Å². The van der Waals surface area contributed by atoms with E-state index in [0.29, 0.717) is 11.5 Å². The Kier molecular flexibility index (Phi) is 6.80. The van der Waals surface area contributed by atoms with Gasteiger partial charge in [-0.05, 0) is 94.7 Å². The largest absolute Gasteiger partial charge is 0.453 e. The van der Waals surface area contributed by atoms with Crippen LogP contribution in [0.3, 0.4) is 0 Å². The average molecular weight is 480 g/mol. The molecule has 0 N–H and O–H groups in total. The summed E-state index contributed by atoms with van der Waals surface area (Å²) in [7, 11) is 0. The predicted octanol–water partition coefficient (Wildman–Crippen LogP) is 8.02. The van der Waals surface area contributed by atoms with E-state index in [1.807, 2.05) is 86.6 Å². The lowest BCUT2D eigenvalue weighted by Gasteiger charge is -2.24. The number of Topliss-reactive ketones (excluding diaryl/α,β-unsaturated/α-hetero) is 1. The minimum Gasteiger partial charge on any atom is -0.453 e. The number of rotatable bonds is 7. The third-order valence-corrected chi connectivity index (χ3v) is 7.15. The molecule has 184 valence electrons. The molecule has 0 aliphatic carbocycles. The zero-order valence-corrected chi connectivity index (χ0v) is 21.5. The summed E-state index contributed by atoms with van der Waals surface area (Å²) in [6.45, 7) is 10.1. The maximum absolute atomic E-state index is 13.7. The number of hydrogen-bond acceptors (Lipinski definition) is 4. The van der Waals surface area contributed by atoms with E-state index >= 15 is 0 Å². The van der Waals surface area contributed by atoms with Crippen LogP contribution < -0.4 is 9.47 Å². The second-order valence-corrected chi connectivity index (χ2v) is 9.85. The molecule has 0 saturated carbocycles. The van der Waals surface area contributed by atoms with Crippen molar-refractivity contribution < 1.29 is 14.3 Å². The molecule has 1 fully saturated rings. The van der Waals surface area contributed by atoms with Gasteiger partial charge in [0.25, 0.3) is 0 Å². The molecule has 1 aliphatic heterocycles. The Hall–Kier alpha value is -3.63. The van der Waals surface area contributed by atoms with E-state index in [0.717, 1.165) is 64.9 Å². The number of benzene rings is 4. The lowest BCUT2D eigenvalue weighted by molar-refractivity contribution is 0.0868. The highest BCUT2D eigenvalue weighted by atomic mass is 16.5. The molecule has 1 heterocycles. The molecule has 4 nitrogen and oxygen atoms in total. The molecule has 5 rings (SSSR count). The van der Waals surface area contributed by atoms with Crippen molar-refractivity contribution in [2.45, 2.75) is 46.6 Å². The Bertz CT molecular complexity index is 1380. The summed E-state index contributed by atoms with van der Waals surface area (Å²) in [5.74, 6) is 2.87. The van der Waals surface area contributed by atoms with Gasteiger partial charge in [0, 0.05) is 11.1 Å². The van der Waals surface area contributed by atoms with Crippen LogP contribution in [0.5, 0.6) is 23.0 Å². The molecule has 0 aromatic heterocycles. The first kappa shape index (κ1) is 24.1. The van der Waals surface area contributed by atoms with E-state index in [1.54, 1.807) is 0 Å². The van der Waals surface area contributed by atoms with E-state index in [9.17, 15) is 4.79 Å². The van der Waals surface area contributed by atoms with Crippen LogP contribution in [0, 0.1) is 20.8 Å². The van der Waals surface area contributed by atoms with Gasteiger partial charge in [-0.15, -0.1) is 0 Å². The predicted molar refractivity (Wildman–Crippen MR) is 146 cm³/mol. The van der Waals surface area contributed by atoms with E-state index in [1.165, 1.54) is 5.56 Å². The number of fused-ring (bicyclic) bond motifs is 1. The summed E-state index contributed by atoms with van der Waals surface area (Å²) in [5.41, 5.74) is 3.97. The van der Waals surface area contributed by atoms with E-state index < -0.39 is 0 Å². The zero-order valence-electron chi connectivity index (χ0n) is 21.5. The van der Waals surface area contributed by atoms with Crippen LogP contribution in [0.15, 0.2) is 72.8 Å². The van der Waals surface area contributed by atoms with E-state index in [2.05, 4.69) is 18.7 Å². The Morgan fingerprint density at radius 3 is 2.00 bits per heavy atom. The lowest BCUT2D eigenvalue weighted by Crippen LogP contribution is -2.36. The van der Waals surface area contributed by atoms with Gasteiger partial charge in [-0.3, -0.25) is 9.69 Å². The Labute approximate surface area is 213 Å². The number of likely N-dealkylation sites (tertiary alicyclic amines) is 1. The van der Waals surface area contributed by atoms with Gasteiger partial charge in [0.05, 0.1) is 6.04 Å². The number of nitrogens with zero attached hydrogens (tertiary/aromatic N) is 1. The van der Waals surface area contributed by atoms with Gasteiger partial charge in [0.2, 0.25) is 0 Å². The van der Waals surface area contributed by atoms with Crippen LogP contribution in [0.1, 0.15) is 46.8 Å².